The zero-order valence-electron chi connectivity index (χ0n) is 15.3. The SMILES string of the molecule is C=CCN1CCC(NC(=NC)NCCCc2ccc(Cl)cc2Cl)CC1.I. The molecule has 0 aliphatic carbocycles. The third kappa shape index (κ3) is 8.03. The molecule has 0 aromatic heterocycles. The van der Waals surface area contributed by atoms with Crippen LogP contribution in [0.25, 0.3) is 0 Å². The van der Waals surface area contributed by atoms with Crippen LogP contribution in [0.2, 0.25) is 10.0 Å². The van der Waals surface area contributed by atoms with Gasteiger partial charge in [-0.15, -0.1) is 30.6 Å². The highest BCUT2D eigenvalue weighted by molar-refractivity contribution is 14.0. The quantitative estimate of drug-likeness (QED) is 0.188. The van der Waals surface area contributed by atoms with E-state index in [1.165, 1.54) is 0 Å². The molecule has 0 unspecified atom stereocenters. The van der Waals surface area contributed by atoms with Crippen LogP contribution in [0, 0.1) is 0 Å². The van der Waals surface area contributed by atoms with Crippen molar-refractivity contribution in [3.05, 3.63) is 46.5 Å². The second-order valence-corrected chi connectivity index (χ2v) is 7.19. The monoisotopic (exact) mass is 510 g/mol. The molecule has 0 spiro atoms. The largest absolute Gasteiger partial charge is 0.356 e. The predicted molar refractivity (Wildman–Crippen MR) is 124 cm³/mol. The van der Waals surface area contributed by atoms with Crippen LogP contribution in [0.4, 0.5) is 0 Å². The standard InChI is InChI=1S/C19H28Cl2N4.HI/c1-3-11-25-12-8-17(9-13-25)24-19(22-2)23-10-4-5-15-6-7-16(20)14-18(15)21;/h3,6-7,14,17H,1,4-5,8-13H2,2H3,(H2,22,23,24);1H. The summed E-state index contributed by atoms with van der Waals surface area (Å²) in [7, 11) is 1.82. The van der Waals surface area contributed by atoms with Crippen molar-refractivity contribution in [2.24, 2.45) is 4.99 Å². The highest BCUT2D eigenvalue weighted by Crippen LogP contribution is 2.21. The number of piperidine rings is 1. The Labute approximate surface area is 184 Å². The third-order valence-corrected chi connectivity index (χ3v) is 5.06. The third-order valence-electron chi connectivity index (χ3n) is 4.47. The Bertz CT molecular complexity index is 587. The highest BCUT2D eigenvalue weighted by Gasteiger charge is 2.18. The number of nitrogens with zero attached hydrogens (tertiary/aromatic N) is 2. The molecule has 1 aromatic carbocycles. The zero-order valence-corrected chi connectivity index (χ0v) is 19.2. The molecule has 0 bridgehead atoms. The van der Waals surface area contributed by atoms with Gasteiger partial charge in [-0.2, -0.15) is 0 Å². The van der Waals surface area contributed by atoms with Gasteiger partial charge in [-0.25, -0.2) is 0 Å². The van der Waals surface area contributed by atoms with Crippen LogP contribution in [0.1, 0.15) is 24.8 Å². The van der Waals surface area contributed by atoms with E-state index in [4.69, 9.17) is 23.2 Å². The highest BCUT2D eigenvalue weighted by atomic mass is 127. The Morgan fingerprint density at radius 2 is 2.08 bits per heavy atom. The summed E-state index contributed by atoms with van der Waals surface area (Å²) < 4.78 is 0. The summed E-state index contributed by atoms with van der Waals surface area (Å²) in [4.78, 5) is 6.76. The molecule has 2 rings (SSSR count). The van der Waals surface area contributed by atoms with Gasteiger partial charge >= 0.3 is 0 Å². The molecular weight excluding hydrogens is 482 g/mol. The van der Waals surface area contributed by atoms with Crippen LogP contribution >= 0.6 is 47.2 Å². The van der Waals surface area contributed by atoms with Crippen molar-refractivity contribution in [1.82, 2.24) is 15.5 Å². The Kier molecular flexibility index (Phi) is 11.6. The van der Waals surface area contributed by atoms with E-state index in [1.54, 1.807) is 6.07 Å². The van der Waals surface area contributed by atoms with Crippen molar-refractivity contribution in [2.45, 2.75) is 31.7 Å². The number of rotatable bonds is 7. The molecule has 26 heavy (non-hydrogen) atoms. The molecule has 1 aromatic rings. The van der Waals surface area contributed by atoms with Crippen LogP contribution in [0.3, 0.4) is 0 Å². The van der Waals surface area contributed by atoms with Crippen molar-refractivity contribution in [2.75, 3.05) is 33.2 Å². The molecule has 4 nitrogen and oxygen atoms in total. The lowest BCUT2D eigenvalue weighted by molar-refractivity contribution is 0.225. The first kappa shape index (κ1) is 23.5. The van der Waals surface area contributed by atoms with Crippen LogP contribution in [0.5, 0.6) is 0 Å². The Balaban J connectivity index is 0.00000338. The average molecular weight is 511 g/mol. The van der Waals surface area contributed by atoms with Crippen molar-refractivity contribution in [3.8, 4) is 0 Å². The summed E-state index contributed by atoms with van der Waals surface area (Å²) in [6.45, 7) is 7.86. The minimum absolute atomic E-state index is 0. The molecular formula is C19H29Cl2IN4. The van der Waals surface area contributed by atoms with Gasteiger partial charge in [-0.05, 0) is 43.4 Å². The van der Waals surface area contributed by atoms with Crippen molar-refractivity contribution >= 4 is 53.1 Å². The molecule has 1 aliphatic rings. The number of nitrogens with one attached hydrogen (secondary N) is 2. The van der Waals surface area contributed by atoms with Crippen molar-refractivity contribution in [1.29, 1.82) is 0 Å². The van der Waals surface area contributed by atoms with E-state index >= 15 is 0 Å². The van der Waals surface area contributed by atoms with Gasteiger partial charge in [-0.3, -0.25) is 9.89 Å². The van der Waals surface area contributed by atoms with Gasteiger partial charge in [0.1, 0.15) is 0 Å². The van der Waals surface area contributed by atoms with Crippen LogP contribution in [-0.2, 0) is 6.42 Å². The molecule has 0 radical (unpaired) electrons. The van der Waals surface area contributed by atoms with E-state index in [0.29, 0.717) is 11.1 Å². The molecule has 1 saturated heterocycles. The Hall–Kier alpha value is -0.500. The number of benzene rings is 1. The number of hydrogen-bond acceptors (Lipinski definition) is 2. The summed E-state index contributed by atoms with van der Waals surface area (Å²) in [5.41, 5.74) is 1.13. The summed E-state index contributed by atoms with van der Waals surface area (Å²) in [5, 5.41) is 8.34. The minimum atomic E-state index is 0. The van der Waals surface area contributed by atoms with E-state index in [1.807, 2.05) is 25.3 Å². The summed E-state index contributed by atoms with van der Waals surface area (Å²) in [6, 6.07) is 6.16. The number of guanidine groups is 1. The molecule has 1 heterocycles. The second kappa shape index (κ2) is 12.8. The van der Waals surface area contributed by atoms with Crippen LogP contribution in [0.15, 0.2) is 35.8 Å². The predicted octanol–water partition coefficient (Wildman–Crippen LogP) is 4.36. The van der Waals surface area contributed by atoms with Gasteiger partial charge < -0.3 is 10.6 Å². The van der Waals surface area contributed by atoms with Crippen molar-refractivity contribution < 1.29 is 0 Å². The van der Waals surface area contributed by atoms with Crippen LogP contribution in [-0.4, -0.2) is 50.1 Å². The smallest absolute Gasteiger partial charge is 0.191 e. The maximum Gasteiger partial charge on any atom is 0.191 e. The zero-order chi connectivity index (χ0) is 18.1. The molecule has 0 amide bonds. The number of hydrogen-bond donors (Lipinski definition) is 2. The molecule has 7 heteroatoms. The van der Waals surface area contributed by atoms with Crippen molar-refractivity contribution in [3.63, 3.8) is 0 Å². The number of likely N-dealkylation sites (tertiary alicyclic amines) is 1. The topological polar surface area (TPSA) is 39.7 Å². The lowest BCUT2D eigenvalue weighted by atomic mass is 10.1. The first-order valence-corrected chi connectivity index (χ1v) is 9.62. The lowest BCUT2D eigenvalue weighted by Gasteiger charge is -2.32. The van der Waals surface area contributed by atoms with E-state index in [-0.39, 0.29) is 24.0 Å². The fourth-order valence-corrected chi connectivity index (χ4v) is 3.54. The number of halogens is 3. The summed E-state index contributed by atoms with van der Waals surface area (Å²) in [5.74, 6) is 0.879. The summed E-state index contributed by atoms with van der Waals surface area (Å²) >= 11 is 12.1. The average Bonchev–Trinajstić information content (AvgIpc) is 2.61. The van der Waals surface area contributed by atoms with Gasteiger partial charge in [0.2, 0.25) is 0 Å². The maximum atomic E-state index is 6.21. The molecule has 1 fully saturated rings. The molecule has 0 atom stereocenters. The van der Waals surface area contributed by atoms with E-state index in [2.05, 4.69) is 27.1 Å². The minimum Gasteiger partial charge on any atom is -0.356 e. The molecule has 2 N–H and O–H groups in total. The van der Waals surface area contributed by atoms with Gasteiger partial charge in [-0.1, -0.05) is 35.3 Å². The summed E-state index contributed by atoms with van der Waals surface area (Å²) in [6.07, 6.45) is 6.14. The van der Waals surface area contributed by atoms with Gasteiger partial charge in [0.15, 0.2) is 5.96 Å². The first-order chi connectivity index (χ1) is 12.1. The maximum absolute atomic E-state index is 6.21. The van der Waals surface area contributed by atoms with E-state index < -0.39 is 0 Å². The second-order valence-electron chi connectivity index (χ2n) is 6.35. The van der Waals surface area contributed by atoms with Crippen LogP contribution < -0.4 is 10.6 Å². The molecule has 1 aliphatic heterocycles. The lowest BCUT2D eigenvalue weighted by Crippen LogP contribution is -2.48. The van der Waals surface area contributed by atoms with Gasteiger partial charge in [0, 0.05) is 49.3 Å². The molecule has 146 valence electrons. The first-order valence-electron chi connectivity index (χ1n) is 8.86. The van der Waals surface area contributed by atoms with E-state index in [9.17, 15) is 0 Å². The number of aryl methyl sites for hydroxylation is 1. The molecule has 0 saturated carbocycles. The van der Waals surface area contributed by atoms with Gasteiger partial charge in [0.25, 0.3) is 0 Å². The Morgan fingerprint density at radius 1 is 1.35 bits per heavy atom. The number of aliphatic imine (C=N–C) groups is 1. The Morgan fingerprint density at radius 3 is 2.69 bits per heavy atom. The van der Waals surface area contributed by atoms with Gasteiger partial charge in [0.05, 0.1) is 0 Å². The normalized spacial score (nSPS) is 16.0. The van der Waals surface area contributed by atoms with E-state index in [0.717, 1.165) is 68.4 Å². The fourth-order valence-electron chi connectivity index (χ4n) is 3.04. The fraction of sp³-hybridized carbons (Fsp3) is 0.526.